The van der Waals surface area contributed by atoms with Gasteiger partial charge < -0.3 is 9.88 Å². The molecule has 1 aromatic heterocycles. The summed E-state index contributed by atoms with van der Waals surface area (Å²) in [6.45, 7) is 0.324. The highest BCUT2D eigenvalue weighted by Gasteiger charge is 2.07. The molecule has 2 aromatic rings. The van der Waals surface area contributed by atoms with Crippen LogP contribution in [0.15, 0.2) is 35.3 Å². The number of benzene rings is 1. The summed E-state index contributed by atoms with van der Waals surface area (Å²) in [6.07, 6.45) is 1.66. The van der Waals surface area contributed by atoms with Gasteiger partial charge in [0.15, 0.2) is 0 Å². The van der Waals surface area contributed by atoms with Crippen LogP contribution in [0.3, 0.4) is 0 Å². The fraction of sp³-hybridized carbons (Fsp3) is 0.154. The topological polar surface area (TPSA) is 34.0 Å². The fourth-order valence-electron chi connectivity index (χ4n) is 1.55. The van der Waals surface area contributed by atoms with Crippen LogP contribution in [0.4, 0.5) is 10.1 Å². The summed E-state index contributed by atoms with van der Waals surface area (Å²) >= 11 is 11.5. The third kappa shape index (κ3) is 3.28. The number of nitrogens with zero attached hydrogens (tertiary/aromatic N) is 1. The maximum Gasteiger partial charge on any atom is 0.250 e. The predicted molar refractivity (Wildman–Crippen MR) is 75.4 cm³/mol. The van der Waals surface area contributed by atoms with Gasteiger partial charge in [-0.1, -0.05) is 23.2 Å². The molecule has 2 rings (SSSR count). The van der Waals surface area contributed by atoms with E-state index in [1.807, 2.05) is 0 Å². The summed E-state index contributed by atoms with van der Waals surface area (Å²) in [6, 6.07) is 5.84. The first-order chi connectivity index (χ1) is 8.97. The summed E-state index contributed by atoms with van der Waals surface area (Å²) in [7, 11) is 1.66. The molecule has 0 fully saturated rings. The van der Waals surface area contributed by atoms with E-state index < -0.39 is 5.82 Å². The predicted octanol–water partition coefficient (Wildman–Crippen LogP) is 3.44. The lowest BCUT2D eigenvalue weighted by atomic mass is 10.2. The zero-order chi connectivity index (χ0) is 14.0. The van der Waals surface area contributed by atoms with Gasteiger partial charge in [0.25, 0.3) is 5.56 Å². The van der Waals surface area contributed by atoms with Crippen LogP contribution in [0.25, 0.3) is 0 Å². The Morgan fingerprint density at radius 2 is 1.95 bits per heavy atom. The second-order valence-electron chi connectivity index (χ2n) is 4.08. The van der Waals surface area contributed by atoms with E-state index in [9.17, 15) is 9.18 Å². The number of pyridine rings is 1. The van der Waals surface area contributed by atoms with Gasteiger partial charge in [-0.15, -0.1) is 0 Å². The number of rotatable bonds is 3. The van der Waals surface area contributed by atoms with Crippen LogP contribution in [0, 0.1) is 5.82 Å². The van der Waals surface area contributed by atoms with Gasteiger partial charge in [0.05, 0.1) is 15.7 Å². The van der Waals surface area contributed by atoms with Gasteiger partial charge in [-0.3, -0.25) is 4.79 Å². The number of nitrogens with one attached hydrogen (secondary N) is 1. The Morgan fingerprint density at radius 3 is 2.63 bits per heavy atom. The number of hydrogen-bond acceptors (Lipinski definition) is 2. The van der Waals surface area contributed by atoms with Crippen molar-refractivity contribution < 1.29 is 4.39 Å². The van der Waals surface area contributed by atoms with Crippen molar-refractivity contribution in [1.29, 1.82) is 0 Å². The van der Waals surface area contributed by atoms with Crippen molar-refractivity contribution in [3.63, 3.8) is 0 Å². The monoisotopic (exact) mass is 300 g/mol. The molecule has 0 spiro atoms. The quantitative estimate of drug-likeness (QED) is 0.881. The minimum absolute atomic E-state index is 0.117. The second-order valence-corrected chi connectivity index (χ2v) is 4.90. The van der Waals surface area contributed by atoms with E-state index in [4.69, 9.17) is 23.2 Å². The largest absolute Gasteiger partial charge is 0.379 e. The van der Waals surface area contributed by atoms with Crippen molar-refractivity contribution in [1.82, 2.24) is 4.57 Å². The van der Waals surface area contributed by atoms with Crippen molar-refractivity contribution in [2.75, 3.05) is 5.32 Å². The first-order valence-electron chi connectivity index (χ1n) is 5.51. The van der Waals surface area contributed by atoms with E-state index in [1.54, 1.807) is 19.3 Å². The molecule has 1 N–H and O–H groups in total. The van der Waals surface area contributed by atoms with Gasteiger partial charge in [0.2, 0.25) is 0 Å². The van der Waals surface area contributed by atoms with E-state index in [0.717, 1.165) is 11.6 Å². The maximum atomic E-state index is 13.6. The summed E-state index contributed by atoms with van der Waals surface area (Å²) in [4.78, 5) is 11.4. The lowest BCUT2D eigenvalue weighted by molar-refractivity contribution is 0.630. The summed E-state index contributed by atoms with van der Waals surface area (Å²) < 4.78 is 15.1. The molecular formula is C13H11Cl2FN2O. The number of aromatic nitrogens is 1. The van der Waals surface area contributed by atoms with Gasteiger partial charge in [0, 0.05) is 25.9 Å². The first kappa shape index (κ1) is 13.9. The highest BCUT2D eigenvalue weighted by molar-refractivity contribution is 6.42. The van der Waals surface area contributed by atoms with E-state index in [0.29, 0.717) is 6.54 Å². The van der Waals surface area contributed by atoms with Gasteiger partial charge in [0.1, 0.15) is 5.82 Å². The molecule has 19 heavy (non-hydrogen) atoms. The minimum Gasteiger partial charge on any atom is -0.379 e. The smallest absolute Gasteiger partial charge is 0.250 e. The number of halogens is 3. The maximum absolute atomic E-state index is 13.6. The third-order valence-electron chi connectivity index (χ3n) is 2.66. The van der Waals surface area contributed by atoms with Crippen LogP contribution < -0.4 is 10.9 Å². The molecule has 0 aliphatic rings. The molecule has 6 heteroatoms. The molecule has 0 amide bonds. The highest BCUT2D eigenvalue weighted by Crippen LogP contribution is 2.28. The Labute approximate surface area is 119 Å². The molecular weight excluding hydrogens is 290 g/mol. The Hall–Kier alpha value is -1.52. The van der Waals surface area contributed by atoms with Crippen molar-refractivity contribution >= 4 is 28.9 Å². The van der Waals surface area contributed by atoms with E-state index in [2.05, 4.69) is 5.32 Å². The van der Waals surface area contributed by atoms with Gasteiger partial charge in [-0.2, -0.15) is 0 Å². The molecule has 0 aliphatic carbocycles. The molecule has 0 saturated carbocycles. The van der Waals surface area contributed by atoms with E-state index in [-0.39, 0.29) is 21.3 Å². The minimum atomic E-state index is -0.488. The van der Waals surface area contributed by atoms with Crippen molar-refractivity contribution in [3.8, 4) is 0 Å². The zero-order valence-electron chi connectivity index (χ0n) is 10.1. The Kier molecular flexibility index (Phi) is 4.12. The molecule has 1 heterocycles. The lowest BCUT2D eigenvalue weighted by Crippen LogP contribution is -2.16. The third-order valence-corrected chi connectivity index (χ3v) is 3.38. The molecule has 1 aromatic carbocycles. The molecule has 100 valence electrons. The van der Waals surface area contributed by atoms with E-state index in [1.165, 1.54) is 16.7 Å². The average molecular weight is 301 g/mol. The molecule has 0 saturated heterocycles. The standard InChI is InChI=1S/C13H11Cl2FN2O/c1-18-3-2-8(4-13(18)19)7-17-12-6-10(15)9(14)5-11(12)16/h2-6,17H,7H2,1H3. The number of hydrogen-bond donors (Lipinski definition) is 1. The normalized spacial score (nSPS) is 10.5. The van der Waals surface area contributed by atoms with Crippen LogP contribution in [0.5, 0.6) is 0 Å². The fourth-order valence-corrected chi connectivity index (χ4v) is 1.87. The summed E-state index contributed by atoms with van der Waals surface area (Å²) in [5, 5.41) is 3.32. The van der Waals surface area contributed by atoms with Crippen LogP contribution >= 0.6 is 23.2 Å². The lowest BCUT2D eigenvalue weighted by Gasteiger charge is -2.09. The van der Waals surface area contributed by atoms with E-state index >= 15 is 0 Å². The van der Waals surface area contributed by atoms with Crippen LogP contribution in [0.2, 0.25) is 10.0 Å². The van der Waals surface area contributed by atoms with Gasteiger partial charge >= 0.3 is 0 Å². The molecule has 0 radical (unpaired) electrons. The van der Waals surface area contributed by atoms with Gasteiger partial charge in [-0.05, 0) is 23.8 Å². The van der Waals surface area contributed by atoms with Gasteiger partial charge in [-0.25, -0.2) is 4.39 Å². The average Bonchev–Trinajstić information content (AvgIpc) is 2.36. The highest BCUT2D eigenvalue weighted by atomic mass is 35.5. The summed E-state index contributed by atoms with van der Waals surface area (Å²) in [5.74, 6) is -0.488. The molecule has 0 unspecified atom stereocenters. The van der Waals surface area contributed by atoms with Crippen LogP contribution in [-0.4, -0.2) is 4.57 Å². The molecule has 0 atom stereocenters. The molecule has 3 nitrogen and oxygen atoms in total. The molecule has 0 bridgehead atoms. The molecule has 0 aliphatic heterocycles. The van der Waals surface area contributed by atoms with Crippen LogP contribution in [0.1, 0.15) is 5.56 Å². The van der Waals surface area contributed by atoms with Crippen molar-refractivity contribution in [2.24, 2.45) is 7.05 Å². The van der Waals surface area contributed by atoms with Crippen molar-refractivity contribution in [3.05, 3.63) is 62.2 Å². The SMILES string of the molecule is Cn1ccc(CNc2cc(Cl)c(Cl)cc2F)cc1=O. The Morgan fingerprint density at radius 1 is 1.26 bits per heavy atom. The first-order valence-corrected chi connectivity index (χ1v) is 6.27. The number of aryl methyl sites for hydroxylation is 1. The number of anilines is 1. The summed E-state index contributed by atoms with van der Waals surface area (Å²) in [5.41, 5.74) is 0.887. The Bertz CT molecular complexity index is 670. The second kappa shape index (κ2) is 5.63. The zero-order valence-corrected chi connectivity index (χ0v) is 11.6. The van der Waals surface area contributed by atoms with Crippen molar-refractivity contribution in [2.45, 2.75) is 6.54 Å². The Balaban J connectivity index is 2.16. The van der Waals surface area contributed by atoms with Crippen LogP contribution in [-0.2, 0) is 13.6 Å².